The summed E-state index contributed by atoms with van der Waals surface area (Å²) < 4.78 is 33.1. The molecule has 0 aliphatic rings. The van der Waals surface area contributed by atoms with E-state index >= 15 is 0 Å². The quantitative estimate of drug-likeness (QED) is 0.236. The Morgan fingerprint density at radius 1 is 0.821 bits per heavy atom. The highest BCUT2D eigenvalue weighted by Gasteiger charge is 2.28. The van der Waals surface area contributed by atoms with Gasteiger partial charge in [0.15, 0.2) is 5.76 Å². The molecule has 1 heterocycles. The fourth-order valence-electron chi connectivity index (χ4n) is 3.91. The topological polar surface area (TPSA) is 155 Å². The lowest BCUT2D eigenvalue weighted by molar-refractivity contribution is -0.140. The lowest BCUT2D eigenvalue weighted by Crippen LogP contribution is -2.44. The summed E-state index contributed by atoms with van der Waals surface area (Å²) in [6.45, 7) is 4.66. The van der Waals surface area contributed by atoms with Gasteiger partial charge in [-0.25, -0.2) is 8.42 Å². The Morgan fingerprint density at radius 3 is 1.97 bits per heavy atom. The molecule has 0 bridgehead atoms. The van der Waals surface area contributed by atoms with E-state index in [2.05, 4.69) is 15.4 Å². The zero-order chi connectivity index (χ0) is 28.3. The van der Waals surface area contributed by atoms with Gasteiger partial charge >= 0.3 is 5.97 Å². The van der Waals surface area contributed by atoms with Gasteiger partial charge in [0.05, 0.1) is 4.90 Å². The van der Waals surface area contributed by atoms with Gasteiger partial charge in [-0.05, 0) is 65.6 Å². The Bertz CT molecular complexity index is 1640. The summed E-state index contributed by atoms with van der Waals surface area (Å²) in [6, 6.07) is 18.4. The molecule has 39 heavy (non-hydrogen) atoms. The summed E-state index contributed by atoms with van der Waals surface area (Å²) in [4.78, 5) is 35.3. The van der Waals surface area contributed by atoms with Crippen molar-refractivity contribution in [3.8, 4) is 11.1 Å². The van der Waals surface area contributed by atoms with Crippen LogP contribution >= 0.6 is 0 Å². The van der Waals surface area contributed by atoms with E-state index in [4.69, 9.17) is 4.42 Å². The van der Waals surface area contributed by atoms with Crippen molar-refractivity contribution in [2.75, 3.05) is 10.6 Å². The molecule has 4 N–H and O–H groups in total. The van der Waals surface area contributed by atoms with Crippen molar-refractivity contribution in [1.82, 2.24) is 4.72 Å². The molecule has 11 heteroatoms. The van der Waals surface area contributed by atoms with Crippen molar-refractivity contribution < 1.29 is 32.3 Å². The van der Waals surface area contributed by atoms with Crippen LogP contribution in [0.5, 0.6) is 0 Å². The minimum absolute atomic E-state index is 0.0444. The van der Waals surface area contributed by atoms with Crippen molar-refractivity contribution in [3.05, 3.63) is 78.6 Å². The summed E-state index contributed by atoms with van der Waals surface area (Å²) in [5.74, 6) is -2.20. The van der Waals surface area contributed by atoms with E-state index in [0.717, 1.165) is 11.1 Å². The minimum Gasteiger partial charge on any atom is -0.480 e. The van der Waals surface area contributed by atoms with Gasteiger partial charge in [-0.2, -0.15) is 4.72 Å². The standard InChI is InChI=1S/C28H27N3O7S/c1-16(2)26(28(34)35)31-39(36,37)23-11-6-19(7-12-23)18-4-8-21(9-5-18)30-27(33)25-15-20-14-22(29-17(3)32)10-13-24(20)38-25/h4-16,26,31H,1-3H3,(H,29,32)(H,30,33)(H,34,35)/t26-/m1/s1. The highest BCUT2D eigenvalue weighted by molar-refractivity contribution is 7.89. The van der Waals surface area contributed by atoms with E-state index in [9.17, 15) is 27.9 Å². The lowest BCUT2D eigenvalue weighted by Gasteiger charge is -2.18. The average molecular weight is 550 g/mol. The average Bonchev–Trinajstić information content (AvgIpc) is 3.31. The van der Waals surface area contributed by atoms with E-state index in [1.54, 1.807) is 74.5 Å². The predicted molar refractivity (Wildman–Crippen MR) is 147 cm³/mol. The number of carboxylic acid groups (broad SMARTS) is 1. The lowest BCUT2D eigenvalue weighted by atomic mass is 10.1. The Morgan fingerprint density at radius 2 is 1.41 bits per heavy atom. The van der Waals surface area contributed by atoms with Gasteiger partial charge in [-0.15, -0.1) is 0 Å². The van der Waals surface area contributed by atoms with Crippen LogP contribution < -0.4 is 15.4 Å². The SMILES string of the molecule is CC(=O)Nc1ccc2oc(C(=O)Nc3ccc(-c4ccc(S(=O)(=O)N[C@@H](C(=O)O)C(C)C)cc4)cc3)cc2c1. The van der Waals surface area contributed by atoms with E-state index in [-0.39, 0.29) is 16.6 Å². The Hall–Kier alpha value is -4.48. The highest BCUT2D eigenvalue weighted by Crippen LogP contribution is 2.26. The second kappa shape index (κ2) is 11.1. The van der Waals surface area contributed by atoms with E-state index in [1.165, 1.54) is 19.1 Å². The molecule has 2 amide bonds. The molecule has 0 aliphatic heterocycles. The highest BCUT2D eigenvalue weighted by atomic mass is 32.2. The number of rotatable bonds is 9. The smallest absolute Gasteiger partial charge is 0.322 e. The molecule has 0 spiro atoms. The summed E-state index contributed by atoms with van der Waals surface area (Å²) >= 11 is 0. The molecule has 4 aromatic rings. The maximum Gasteiger partial charge on any atom is 0.322 e. The van der Waals surface area contributed by atoms with Gasteiger partial charge in [-0.3, -0.25) is 14.4 Å². The summed E-state index contributed by atoms with van der Waals surface area (Å²) in [5.41, 5.74) is 3.15. The van der Waals surface area contributed by atoms with Crippen LogP contribution in [0.25, 0.3) is 22.1 Å². The molecule has 0 aliphatic carbocycles. The third kappa shape index (κ3) is 6.51. The number of carbonyl (C=O) groups excluding carboxylic acids is 2. The number of hydrogen-bond donors (Lipinski definition) is 4. The fourth-order valence-corrected chi connectivity index (χ4v) is 5.25. The van der Waals surface area contributed by atoms with Crippen molar-refractivity contribution >= 4 is 50.2 Å². The Balaban J connectivity index is 1.44. The molecule has 1 aromatic heterocycles. The number of furan rings is 1. The zero-order valence-corrected chi connectivity index (χ0v) is 22.2. The molecule has 0 saturated carbocycles. The molecule has 0 radical (unpaired) electrons. The first-order valence-corrected chi connectivity index (χ1v) is 13.5. The van der Waals surface area contributed by atoms with Crippen molar-refractivity contribution in [2.24, 2.45) is 5.92 Å². The normalized spacial score (nSPS) is 12.3. The number of amides is 2. The van der Waals surface area contributed by atoms with Gasteiger partial charge < -0.3 is 20.2 Å². The van der Waals surface area contributed by atoms with Crippen LogP contribution in [0.15, 0.2) is 82.1 Å². The number of benzene rings is 3. The van der Waals surface area contributed by atoms with Gasteiger partial charge in [-0.1, -0.05) is 38.1 Å². The van der Waals surface area contributed by atoms with Gasteiger partial charge in [0.1, 0.15) is 11.6 Å². The summed E-state index contributed by atoms with van der Waals surface area (Å²) in [6.07, 6.45) is 0. The van der Waals surface area contributed by atoms with Gasteiger partial charge in [0, 0.05) is 23.7 Å². The van der Waals surface area contributed by atoms with Crippen LogP contribution in [0.2, 0.25) is 0 Å². The zero-order valence-electron chi connectivity index (χ0n) is 21.4. The monoisotopic (exact) mass is 549 g/mol. The second-order valence-corrected chi connectivity index (χ2v) is 11.0. The molecular weight excluding hydrogens is 522 g/mol. The number of nitrogens with one attached hydrogen (secondary N) is 3. The van der Waals surface area contributed by atoms with Gasteiger partial charge in [0.25, 0.3) is 5.91 Å². The summed E-state index contributed by atoms with van der Waals surface area (Å²) in [7, 11) is -4.02. The summed E-state index contributed by atoms with van der Waals surface area (Å²) in [5, 5.41) is 15.4. The number of hydrogen-bond acceptors (Lipinski definition) is 6. The Labute approximate surface area is 225 Å². The van der Waals surface area contributed by atoms with E-state index in [0.29, 0.717) is 22.3 Å². The van der Waals surface area contributed by atoms with Crippen LogP contribution in [-0.4, -0.2) is 37.3 Å². The number of aliphatic carboxylic acids is 1. The van der Waals surface area contributed by atoms with E-state index in [1.807, 2.05) is 0 Å². The molecule has 10 nitrogen and oxygen atoms in total. The molecule has 0 unspecified atom stereocenters. The molecule has 3 aromatic carbocycles. The van der Waals surface area contributed by atoms with E-state index < -0.39 is 33.9 Å². The van der Waals surface area contributed by atoms with Crippen LogP contribution in [0.4, 0.5) is 11.4 Å². The first kappa shape index (κ1) is 27.6. The number of sulfonamides is 1. The van der Waals surface area contributed by atoms with Crippen LogP contribution in [0.3, 0.4) is 0 Å². The fraction of sp³-hybridized carbons (Fsp3) is 0.179. The first-order chi connectivity index (χ1) is 18.4. The minimum atomic E-state index is -4.02. The number of fused-ring (bicyclic) bond motifs is 1. The van der Waals surface area contributed by atoms with Crippen LogP contribution in [0.1, 0.15) is 31.3 Å². The maximum absolute atomic E-state index is 12.7. The number of anilines is 2. The van der Waals surface area contributed by atoms with Crippen molar-refractivity contribution in [1.29, 1.82) is 0 Å². The van der Waals surface area contributed by atoms with Crippen molar-refractivity contribution in [2.45, 2.75) is 31.7 Å². The van der Waals surface area contributed by atoms with Crippen LogP contribution in [-0.2, 0) is 19.6 Å². The largest absolute Gasteiger partial charge is 0.480 e. The first-order valence-electron chi connectivity index (χ1n) is 12.0. The maximum atomic E-state index is 12.7. The molecule has 1 atom stereocenters. The Kier molecular flexibility index (Phi) is 7.84. The van der Waals surface area contributed by atoms with Crippen LogP contribution in [0, 0.1) is 5.92 Å². The van der Waals surface area contributed by atoms with Crippen molar-refractivity contribution in [3.63, 3.8) is 0 Å². The number of carboxylic acids is 1. The third-order valence-electron chi connectivity index (χ3n) is 5.92. The molecule has 4 rings (SSSR count). The third-order valence-corrected chi connectivity index (χ3v) is 7.37. The molecule has 0 saturated heterocycles. The second-order valence-electron chi connectivity index (χ2n) is 9.28. The predicted octanol–water partition coefficient (Wildman–Crippen LogP) is 4.70. The number of carbonyl (C=O) groups is 3. The van der Waals surface area contributed by atoms with Gasteiger partial charge in [0.2, 0.25) is 15.9 Å². The molecular formula is C28H27N3O7S. The molecule has 202 valence electrons. The molecule has 0 fully saturated rings.